The van der Waals surface area contributed by atoms with E-state index in [-0.39, 0.29) is 12.5 Å². The first kappa shape index (κ1) is 17.0. The van der Waals surface area contributed by atoms with Gasteiger partial charge in [-0.15, -0.1) is 0 Å². The van der Waals surface area contributed by atoms with Crippen LogP contribution in [-0.2, 0) is 13.0 Å². The molecule has 0 saturated heterocycles. The van der Waals surface area contributed by atoms with E-state index in [9.17, 15) is 4.79 Å². The van der Waals surface area contributed by atoms with Gasteiger partial charge in [0, 0.05) is 27.7 Å². The molecular formula is C21H20N4O2. The van der Waals surface area contributed by atoms with Gasteiger partial charge in [0.2, 0.25) is 11.7 Å². The van der Waals surface area contributed by atoms with E-state index in [4.69, 9.17) is 4.52 Å². The molecule has 0 aliphatic carbocycles. The summed E-state index contributed by atoms with van der Waals surface area (Å²) < 4.78 is 5.23. The maximum atomic E-state index is 12.5. The molecule has 0 radical (unpaired) electrons. The summed E-state index contributed by atoms with van der Waals surface area (Å²) in [7, 11) is 0. The second-order valence-electron chi connectivity index (χ2n) is 6.40. The van der Waals surface area contributed by atoms with Crippen LogP contribution in [0.15, 0.2) is 53.1 Å². The average Bonchev–Trinajstić information content (AvgIpc) is 3.31. The van der Waals surface area contributed by atoms with Crippen LogP contribution in [0.3, 0.4) is 0 Å². The molecule has 0 spiro atoms. The SMILES string of the molecule is CCc1[nH]c2ccc(C(=O)NCc3nc(-c4ccccc4)no3)cc2c1C. The topological polar surface area (TPSA) is 83.8 Å². The number of rotatable bonds is 5. The van der Waals surface area contributed by atoms with Gasteiger partial charge in [-0.05, 0) is 37.1 Å². The molecule has 2 aromatic carbocycles. The van der Waals surface area contributed by atoms with E-state index in [0.717, 1.165) is 22.9 Å². The number of aryl methyl sites for hydroxylation is 2. The fourth-order valence-corrected chi connectivity index (χ4v) is 3.17. The van der Waals surface area contributed by atoms with Crippen LogP contribution in [-0.4, -0.2) is 21.0 Å². The number of aromatic nitrogens is 3. The third-order valence-corrected chi connectivity index (χ3v) is 4.68. The van der Waals surface area contributed by atoms with Crippen LogP contribution in [0.4, 0.5) is 0 Å². The van der Waals surface area contributed by atoms with Crippen molar-refractivity contribution in [3.63, 3.8) is 0 Å². The lowest BCUT2D eigenvalue weighted by Crippen LogP contribution is -2.22. The van der Waals surface area contributed by atoms with Gasteiger partial charge in [0.15, 0.2) is 0 Å². The van der Waals surface area contributed by atoms with Crippen molar-refractivity contribution in [2.24, 2.45) is 0 Å². The lowest BCUT2D eigenvalue weighted by molar-refractivity contribution is 0.0946. The highest BCUT2D eigenvalue weighted by atomic mass is 16.5. The van der Waals surface area contributed by atoms with Gasteiger partial charge in [-0.2, -0.15) is 4.98 Å². The molecule has 27 heavy (non-hydrogen) atoms. The van der Waals surface area contributed by atoms with E-state index in [0.29, 0.717) is 17.3 Å². The lowest BCUT2D eigenvalue weighted by Gasteiger charge is -2.03. The Kier molecular flexibility index (Phi) is 4.46. The predicted molar refractivity (Wildman–Crippen MR) is 103 cm³/mol. The molecule has 1 amide bonds. The van der Waals surface area contributed by atoms with Gasteiger partial charge < -0.3 is 14.8 Å². The van der Waals surface area contributed by atoms with Crippen molar-refractivity contribution in [3.05, 3.63) is 71.2 Å². The van der Waals surface area contributed by atoms with E-state index >= 15 is 0 Å². The Hall–Kier alpha value is -3.41. The van der Waals surface area contributed by atoms with E-state index in [1.807, 2.05) is 48.5 Å². The smallest absolute Gasteiger partial charge is 0.251 e. The number of H-pyrrole nitrogens is 1. The number of nitrogens with zero attached hydrogens (tertiary/aromatic N) is 2. The van der Waals surface area contributed by atoms with Gasteiger partial charge in [0.25, 0.3) is 5.91 Å². The summed E-state index contributed by atoms with van der Waals surface area (Å²) in [6.07, 6.45) is 0.933. The van der Waals surface area contributed by atoms with E-state index in [2.05, 4.69) is 34.3 Å². The van der Waals surface area contributed by atoms with Crippen LogP contribution < -0.4 is 5.32 Å². The van der Waals surface area contributed by atoms with Crippen molar-refractivity contribution in [2.75, 3.05) is 0 Å². The number of carbonyl (C=O) groups excluding carboxylic acids is 1. The molecule has 4 aromatic rings. The van der Waals surface area contributed by atoms with Gasteiger partial charge in [-0.1, -0.05) is 42.4 Å². The molecule has 6 heteroatoms. The number of amides is 1. The number of benzene rings is 2. The molecule has 0 bridgehead atoms. The molecule has 2 N–H and O–H groups in total. The zero-order chi connectivity index (χ0) is 18.8. The maximum Gasteiger partial charge on any atom is 0.251 e. The van der Waals surface area contributed by atoms with Crippen LogP contribution in [0.2, 0.25) is 0 Å². The van der Waals surface area contributed by atoms with E-state index in [1.54, 1.807) is 0 Å². The van der Waals surface area contributed by atoms with Gasteiger partial charge in [-0.3, -0.25) is 4.79 Å². The summed E-state index contributed by atoms with van der Waals surface area (Å²) in [6, 6.07) is 15.2. The number of hydrogen-bond donors (Lipinski definition) is 2. The first-order chi connectivity index (χ1) is 13.2. The van der Waals surface area contributed by atoms with Crippen molar-refractivity contribution in [3.8, 4) is 11.4 Å². The third kappa shape index (κ3) is 3.33. The second kappa shape index (κ2) is 7.07. The molecule has 0 aliphatic heterocycles. The molecule has 2 heterocycles. The molecule has 0 aliphatic rings. The predicted octanol–water partition coefficient (Wildman–Crippen LogP) is 4.02. The van der Waals surface area contributed by atoms with Crippen molar-refractivity contribution in [1.82, 2.24) is 20.4 Å². The minimum Gasteiger partial charge on any atom is -0.358 e. The van der Waals surface area contributed by atoms with Gasteiger partial charge in [-0.25, -0.2) is 0 Å². The summed E-state index contributed by atoms with van der Waals surface area (Å²) in [5.74, 6) is 0.709. The number of carbonyl (C=O) groups is 1. The van der Waals surface area contributed by atoms with Gasteiger partial charge >= 0.3 is 0 Å². The fraction of sp³-hybridized carbons (Fsp3) is 0.190. The second-order valence-corrected chi connectivity index (χ2v) is 6.40. The van der Waals surface area contributed by atoms with E-state index < -0.39 is 0 Å². The summed E-state index contributed by atoms with van der Waals surface area (Å²) in [4.78, 5) is 20.2. The zero-order valence-corrected chi connectivity index (χ0v) is 15.2. The highest BCUT2D eigenvalue weighted by Crippen LogP contribution is 2.23. The number of hydrogen-bond acceptors (Lipinski definition) is 4. The molecule has 0 fully saturated rings. The Morgan fingerprint density at radius 3 is 2.78 bits per heavy atom. The van der Waals surface area contributed by atoms with Crippen molar-refractivity contribution in [2.45, 2.75) is 26.8 Å². The van der Waals surface area contributed by atoms with Crippen LogP contribution in [0.25, 0.3) is 22.3 Å². The fourth-order valence-electron chi connectivity index (χ4n) is 3.17. The Morgan fingerprint density at radius 2 is 2.00 bits per heavy atom. The van der Waals surface area contributed by atoms with Gasteiger partial charge in [0.1, 0.15) is 0 Å². The summed E-state index contributed by atoms with van der Waals surface area (Å²) >= 11 is 0. The van der Waals surface area contributed by atoms with Gasteiger partial charge in [0.05, 0.1) is 6.54 Å². The third-order valence-electron chi connectivity index (χ3n) is 4.68. The standard InChI is InChI=1S/C21H20N4O2/c1-3-17-13(2)16-11-15(9-10-18(16)23-17)21(26)22-12-19-24-20(25-27-19)14-7-5-4-6-8-14/h4-11,23H,3,12H2,1-2H3,(H,22,26). The van der Waals surface area contributed by atoms with Crippen molar-refractivity contribution >= 4 is 16.8 Å². The van der Waals surface area contributed by atoms with Crippen molar-refractivity contribution in [1.29, 1.82) is 0 Å². The summed E-state index contributed by atoms with van der Waals surface area (Å²) in [6.45, 7) is 4.37. The first-order valence-corrected chi connectivity index (χ1v) is 8.93. The average molecular weight is 360 g/mol. The molecule has 0 saturated carbocycles. The van der Waals surface area contributed by atoms with Crippen LogP contribution in [0.5, 0.6) is 0 Å². The van der Waals surface area contributed by atoms with Crippen LogP contribution in [0, 0.1) is 6.92 Å². The highest BCUT2D eigenvalue weighted by Gasteiger charge is 2.13. The quantitative estimate of drug-likeness (QED) is 0.563. The summed E-state index contributed by atoms with van der Waals surface area (Å²) in [5, 5.41) is 7.87. The monoisotopic (exact) mass is 360 g/mol. The van der Waals surface area contributed by atoms with Crippen molar-refractivity contribution < 1.29 is 9.32 Å². The number of fused-ring (bicyclic) bond motifs is 1. The normalized spacial score (nSPS) is 11.0. The molecule has 0 unspecified atom stereocenters. The molecule has 6 nitrogen and oxygen atoms in total. The molecule has 0 atom stereocenters. The zero-order valence-electron chi connectivity index (χ0n) is 15.2. The Bertz CT molecular complexity index is 1100. The number of nitrogens with one attached hydrogen (secondary N) is 2. The maximum absolute atomic E-state index is 12.5. The minimum absolute atomic E-state index is 0.171. The number of aromatic amines is 1. The molecule has 2 aromatic heterocycles. The Labute approximate surface area is 156 Å². The minimum atomic E-state index is -0.171. The van der Waals surface area contributed by atoms with Crippen LogP contribution in [0.1, 0.15) is 34.4 Å². The van der Waals surface area contributed by atoms with Crippen LogP contribution >= 0.6 is 0 Å². The molecular weight excluding hydrogens is 340 g/mol. The summed E-state index contributed by atoms with van der Waals surface area (Å²) in [5.41, 5.74) is 4.91. The highest BCUT2D eigenvalue weighted by molar-refractivity contribution is 5.99. The Morgan fingerprint density at radius 1 is 1.19 bits per heavy atom. The Balaban J connectivity index is 1.47. The largest absolute Gasteiger partial charge is 0.358 e. The van der Waals surface area contributed by atoms with E-state index in [1.165, 1.54) is 11.3 Å². The first-order valence-electron chi connectivity index (χ1n) is 8.93. The lowest BCUT2D eigenvalue weighted by atomic mass is 10.1. The molecule has 136 valence electrons. The molecule has 4 rings (SSSR count).